The van der Waals surface area contributed by atoms with Crippen LogP contribution in [0.2, 0.25) is 5.15 Å². The predicted octanol–water partition coefficient (Wildman–Crippen LogP) is 2.46. The number of likely N-dealkylation sites (tertiary alicyclic amines) is 1. The Morgan fingerprint density at radius 3 is 2.88 bits per heavy atom. The van der Waals surface area contributed by atoms with Crippen LogP contribution in [0.15, 0.2) is 24.4 Å². The summed E-state index contributed by atoms with van der Waals surface area (Å²) >= 11 is 5.87. The van der Waals surface area contributed by atoms with Gasteiger partial charge in [-0.3, -0.25) is 9.69 Å². The molecule has 5 nitrogen and oxygen atoms in total. The van der Waals surface area contributed by atoms with Gasteiger partial charge in [-0.05, 0) is 43.0 Å². The minimum Gasteiger partial charge on any atom is -0.379 e. The third kappa shape index (κ3) is 4.79. The van der Waals surface area contributed by atoms with Crippen LogP contribution in [-0.4, -0.2) is 66.1 Å². The third-order valence-electron chi connectivity index (χ3n) is 4.74. The lowest BCUT2D eigenvalue weighted by molar-refractivity contribution is -0.125. The van der Waals surface area contributed by atoms with E-state index in [1.54, 1.807) is 24.4 Å². The molecule has 2 aliphatic heterocycles. The van der Waals surface area contributed by atoms with Gasteiger partial charge in [-0.2, -0.15) is 0 Å². The molecule has 130 valence electrons. The van der Waals surface area contributed by atoms with E-state index in [9.17, 15) is 4.79 Å². The van der Waals surface area contributed by atoms with E-state index in [-0.39, 0.29) is 5.91 Å². The number of ether oxygens (including phenoxy) is 1. The van der Waals surface area contributed by atoms with Crippen LogP contribution in [0.1, 0.15) is 24.8 Å². The fourth-order valence-electron chi connectivity index (χ4n) is 3.40. The summed E-state index contributed by atoms with van der Waals surface area (Å²) in [7, 11) is 0. The van der Waals surface area contributed by atoms with Crippen LogP contribution < -0.4 is 0 Å². The highest BCUT2D eigenvalue weighted by molar-refractivity contribution is 6.29. The fourth-order valence-corrected chi connectivity index (χ4v) is 3.58. The number of rotatable bonds is 3. The van der Waals surface area contributed by atoms with Crippen molar-refractivity contribution in [2.24, 2.45) is 0 Å². The molecule has 1 unspecified atom stereocenters. The second-order valence-corrected chi connectivity index (χ2v) is 6.69. The zero-order valence-electron chi connectivity index (χ0n) is 13.9. The van der Waals surface area contributed by atoms with E-state index in [2.05, 4.69) is 9.88 Å². The molecule has 1 amide bonds. The molecular weight excluding hydrogens is 326 g/mol. The lowest BCUT2D eigenvalue weighted by Crippen LogP contribution is -2.44. The van der Waals surface area contributed by atoms with Gasteiger partial charge in [-0.1, -0.05) is 11.6 Å². The van der Waals surface area contributed by atoms with Crippen molar-refractivity contribution in [3.8, 4) is 0 Å². The summed E-state index contributed by atoms with van der Waals surface area (Å²) in [5, 5.41) is 0.438. The Kier molecular flexibility index (Phi) is 6.24. The average Bonchev–Trinajstić information content (AvgIpc) is 2.87. The van der Waals surface area contributed by atoms with Crippen LogP contribution in [-0.2, 0) is 9.53 Å². The van der Waals surface area contributed by atoms with Crippen LogP contribution in [0, 0.1) is 0 Å². The summed E-state index contributed by atoms with van der Waals surface area (Å²) in [6, 6.07) is 4.17. The predicted molar refractivity (Wildman–Crippen MR) is 94.9 cm³/mol. The Morgan fingerprint density at radius 1 is 1.25 bits per heavy atom. The van der Waals surface area contributed by atoms with Gasteiger partial charge >= 0.3 is 0 Å². The molecule has 2 saturated heterocycles. The molecule has 0 saturated carbocycles. The molecule has 1 aromatic heterocycles. The second-order valence-electron chi connectivity index (χ2n) is 6.30. The molecule has 0 aromatic carbocycles. The number of halogens is 1. The number of hydrogen-bond acceptors (Lipinski definition) is 4. The maximum Gasteiger partial charge on any atom is 0.246 e. The molecule has 0 bridgehead atoms. The van der Waals surface area contributed by atoms with Crippen LogP contribution in [0.3, 0.4) is 0 Å². The van der Waals surface area contributed by atoms with Crippen molar-refractivity contribution in [3.05, 3.63) is 35.1 Å². The highest BCUT2D eigenvalue weighted by atomic mass is 35.5. The topological polar surface area (TPSA) is 45.7 Å². The van der Waals surface area contributed by atoms with Gasteiger partial charge in [0.15, 0.2) is 0 Å². The molecule has 0 aliphatic carbocycles. The highest BCUT2D eigenvalue weighted by Crippen LogP contribution is 2.18. The van der Waals surface area contributed by atoms with Crippen molar-refractivity contribution in [1.29, 1.82) is 0 Å². The largest absolute Gasteiger partial charge is 0.379 e. The number of pyridine rings is 1. The first-order valence-electron chi connectivity index (χ1n) is 8.63. The smallest absolute Gasteiger partial charge is 0.246 e. The van der Waals surface area contributed by atoms with Gasteiger partial charge in [0.25, 0.3) is 0 Å². The molecule has 0 spiro atoms. The molecule has 1 aromatic rings. The molecular formula is C18H24ClN3O2. The minimum absolute atomic E-state index is 0.0746. The Balaban J connectivity index is 1.54. The van der Waals surface area contributed by atoms with Crippen molar-refractivity contribution < 1.29 is 9.53 Å². The number of hydrogen-bond donors (Lipinski definition) is 0. The van der Waals surface area contributed by atoms with Crippen LogP contribution in [0.25, 0.3) is 6.08 Å². The van der Waals surface area contributed by atoms with Crippen molar-refractivity contribution in [3.63, 3.8) is 0 Å². The van der Waals surface area contributed by atoms with Gasteiger partial charge in [0.2, 0.25) is 5.91 Å². The summed E-state index contributed by atoms with van der Waals surface area (Å²) in [6.45, 7) is 5.35. The Morgan fingerprint density at radius 2 is 2.08 bits per heavy atom. The Hall–Kier alpha value is -1.43. The Labute approximate surface area is 148 Å². The molecule has 2 aliphatic rings. The van der Waals surface area contributed by atoms with Gasteiger partial charge in [0.1, 0.15) is 5.15 Å². The van der Waals surface area contributed by atoms with Gasteiger partial charge in [-0.15, -0.1) is 0 Å². The molecule has 0 N–H and O–H groups in total. The Bertz CT molecular complexity index is 587. The van der Waals surface area contributed by atoms with E-state index in [1.165, 1.54) is 0 Å². The summed E-state index contributed by atoms with van der Waals surface area (Å²) in [5.74, 6) is 0.0746. The average molecular weight is 350 g/mol. The van der Waals surface area contributed by atoms with E-state index in [4.69, 9.17) is 16.3 Å². The monoisotopic (exact) mass is 349 g/mol. The summed E-state index contributed by atoms with van der Waals surface area (Å²) in [4.78, 5) is 20.9. The number of morpholine rings is 1. The van der Waals surface area contributed by atoms with Crippen LogP contribution in [0.4, 0.5) is 0 Å². The van der Waals surface area contributed by atoms with Crippen molar-refractivity contribution in [2.45, 2.75) is 25.3 Å². The number of carbonyl (C=O) groups is 1. The maximum atomic E-state index is 12.4. The quantitative estimate of drug-likeness (QED) is 0.621. The lowest BCUT2D eigenvalue weighted by atomic mass is 10.1. The second kappa shape index (κ2) is 8.60. The number of amides is 1. The van der Waals surface area contributed by atoms with Gasteiger partial charge in [-0.25, -0.2) is 4.98 Å². The van der Waals surface area contributed by atoms with E-state index in [0.29, 0.717) is 11.2 Å². The summed E-state index contributed by atoms with van der Waals surface area (Å²) in [6.07, 6.45) is 8.35. The summed E-state index contributed by atoms with van der Waals surface area (Å²) in [5.41, 5.74) is 0.893. The fraction of sp³-hybridized carbons (Fsp3) is 0.556. The lowest BCUT2D eigenvalue weighted by Gasteiger charge is -2.33. The van der Waals surface area contributed by atoms with Crippen LogP contribution in [0.5, 0.6) is 0 Å². The molecule has 3 rings (SSSR count). The SMILES string of the molecule is O=C(/C=C/c1ccnc(Cl)c1)N1CCCC(N2CCOCC2)CC1. The molecule has 1 atom stereocenters. The minimum atomic E-state index is 0.0746. The molecule has 3 heterocycles. The number of nitrogens with zero attached hydrogens (tertiary/aromatic N) is 3. The first-order valence-corrected chi connectivity index (χ1v) is 9.00. The van der Waals surface area contributed by atoms with E-state index in [0.717, 1.165) is 64.2 Å². The van der Waals surface area contributed by atoms with Crippen molar-refractivity contribution in [2.75, 3.05) is 39.4 Å². The normalized spacial score (nSPS) is 23.4. The summed E-state index contributed by atoms with van der Waals surface area (Å²) < 4.78 is 5.43. The van der Waals surface area contributed by atoms with Gasteiger partial charge in [0.05, 0.1) is 13.2 Å². The van der Waals surface area contributed by atoms with E-state index >= 15 is 0 Å². The third-order valence-corrected chi connectivity index (χ3v) is 4.95. The van der Waals surface area contributed by atoms with Gasteiger partial charge in [0, 0.05) is 44.5 Å². The van der Waals surface area contributed by atoms with E-state index in [1.807, 2.05) is 11.0 Å². The first-order chi connectivity index (χ1) is 11.7. The number of carbonyl (C=O) groups excluding carboxylic acids is 1. The highest BCUT2D eigenvalue weighted by Gasteiger charge is 2.25. The van der Waals surface area contributed by atoms with Crippen molar-refractivity contribution >= 4 is 23.6 Å². The zero-order chi connectivity index (χ0) is 16.8. The standard InChI is InChI=1S/C18H24ClN3O2/c19-17-14-15(5-7-20-17)3-4-18(23)22-8-1-2-16(6-9-22)21-10-12-24-13-11-21/h3-5,7,14,16H,1-2,6,8-13H2/b4-3+. The zero-order valence-corrected chi connectivity index (χ0v) is 14.6. The van der Waals surface area contributed by atoms with Crippen LogP contribution >= 0.6 is 11.6 Å². The molecule has 24 heavy (non-hydrogen) atoms. The molecule has 6 heteroatoms. The first kappa shape index (κ1) is 17.4. The van der Waals surface area contributed by atoms with E-state index < -0.39 is 0 Å². The molecule has 2 fully saturated rings. The maximum absolute atomic E-state index is 12.4. The van der Waals surface area contributed by atoms with Crippen molar-refractivity contribution in [1.82, 2.24) is 14.8 Å². The molecule has 0 radical (unpaired) electrons. The number of aromatic nitrogens is 1. The van der Waals surface area contributed by atoms with Gasteiger partial charge < -0.3 is 9.64 Å².